The van der Waals surface area contributed by atoms with Crippen molar-refractivity contribution in [1.29, 1.82) is 0 Å². The Hall–Kier alpha value is -2.44. The van der Waals surface area contributed by atoms with Gasteiger partial charge in [-0.3, -0.25) is 9.59 Å². The van der Waals surface area contributed by atoms with Gasteiger partial charge in [-0.1, -0.05) is 49.6 Å². The second kappa shape index (κ2) is 11.2. The summed E-state index contributed by atoms with van der Waals surface area (Å²) in [4.78, 5) is 32.3. The summed E-state index contributed by atoms with van der Waals surface area (Å²) in [6, 6.07) is 15.1. The summed E-state index contributed by atoms with van der Waals surface area (Å²) in [5.41, 5.74) is 3.21. The number of benzene rings is 1. The molecule has 6 nitrogen and oxygen atoms in total. The van der Waals surface area contributed by atoms with E-state index in [1.165, 1.54) is 37.7 Å². The molecule has 5 atom stereocenters. The van der Waals surface area contributed by atoms with E-state index in [1.54, 1.807) is 6.92 Å². The van der Waals surface area contributed by atoms with Gasteiger partial charge in [0.2, 0.25) is 17.5 Å². The van der Waals surface area contributed by atoms with Crippen LogP contribution in [-0.2, 0) is 15.0 Å². The normalized spacial score (nSPS) is 31.2. The van der Waals surface area contributed by atoms with Gasteiger partial charge in [0.15, 0.2) is 0 Å². The molecular weight excluding hydrogens is 508 g/mol. The number of nitrogens with one attached hydrogen (secondary N) is 3. The number of nitrogens with zero attached hydrogens (tertiary/aromatic N) is 1. The molecule has 1 saturated carbocycles. The average Bonchev–Trinajstić information content (AvgIpc) is 3.39. The van der Waals surface area contributed by atoms with Crippen LogP contribution in [0.5, 0.6) is 0 Å². The van der Waals surface area contributed by atoms with E-state index in [0.717, 1.165) is 50.0 Å². The molecule has 3 heterocycles. The van der Waals surface area contributed by atoms with E-state index in [9.17, 15) is 9.59 Å². The number of H-pyrrole nitrogens is 1. The van der Waals surface area contributed by atoms with Crippen LogP contribution in [0.4, 0.5) is 0 Å². The highest BCUT2D eigenvalue weighted by Gasteiger charge is 2.55. The maximum Gasteiger partial charge on any atom is 0.273 e. The standard InChI is InChI=1S/C32H41ClN4O2/c1-21(38)35-27-14-16-32(25-12-13-29(33)36-30(25)27)20-34-19-26(32)31(39)37-17-15-24(22-8-4-2-5-9-22)18-28(37)23-10-6-3-7-11-23/h2,4-5,8-9,12-13,23-24,26-28,34H,3,6-7,10-11,14-20H2,1H3,(H,35,38)/p+1/t24-,26?,27?,28+,32+/m1/s1. The summed E-state index contributed by atoms with van der Waals surface area (Å²) in [6.45, 7) is 3.86. The van der Waals surface area contributed by atoms with Gasteiger partial charge in [-0.05, 0) is 73.6 Å². The highest BCUT2D eigenvalue weighted by molar-refractivity contribution is 6.28. The van der Waals surface area contributed by atoms with Crippen LogP contribution in [0.25, 0.3) is 0 Å². The molecule has 3 fully saturated rings. The number of carbonyl (C=O) groups excluding carboxylic acids is 2. The number of aromatic nitrogens is 1. The molecule has 0 radical (unpaired) electrons. The number of hydrogen-bond donors (Lipinski definition) is 2. The van der Waals surface area contributed by atoms with E-state index in [1.807, 2.05) is 6.07 Å². The third kappa shape index (κ3) is 5.11. The second-order valence-corrected chi connectivity index (χ2v) is 12.8. The summed E-state index contributed by atoms with van der Waals surface area (Å²) in [5.74, 6) is 1.26. The fourth-order valence-corrected chi connectivity index (χ4v) is 8.52. The summed E-state index contributed by atoms with van der Waals surface area (Å²) in [7, 11) is 0. The third-order valence-electron chi connectivity index (χ3n) is 10.2. The van der Waals surface area contributed by atoms with Crippen molar-refractivity contribution in [3.63, 3.8) is 0 Å². The number of aromatic amines is 1. The quantitative estimate of drug-likeness (QED) is 0.531. The van der Waals surface area contributed by atoms with Gasteiger partial charge in [0, 0.05) is 49.6 Å². The van der Waals surface area contributed by atoms with Crippen LogP contribution < -0.4 is 15.6 Å². The molecule has 2 aromatic rings. The Morgan fingerprint density at radius 3 is 2.62 bits per heavy atom. The lowest BCUT2D eigenvalue weighted by Gasteiger charge is -2.48. The molecule has 1 aromatic carbocycles. The van der Waals surface area contributed by atoms with Crippen LogP contribution in [0.2, 0.25) is 5.15 Å². The van der Waals surface area contributed by atoms with E-state index in [0.29, 0.717) is 35.5 Å². The molecule has 0 bridgehead atoms. The van der Waals surface area contributed by atoms with Gasteiger partial charge < -0.3 is 15.5 Å². The van der Waals surface area contributed by atoms with Crippen molar-refractivity contribution >= 4 is 23.4 Å². The molecule has 208 valence electrons. The Kier molecular flexibility index (Phi) is 7.69. The molecule has 6 rings (SSSR count). The van der Waals surface area contributed by atoms with Crippen molar-refractivity contribution < 1.29 is 14.6 Å². The first-order chi connectivity index (χ1) is 19.0. The summed E-state index contributed by atoms with van der Waals surface area (Å²) in [6.07, 6.45) is 10.1. The molecule has 39 heavy (non-hydrogen) atoms. The van der Waals surface area contributed by atoms with Crippen LogP contribution in [0.15, 0.2) is 42.5 Å². The number of carbonyl (C=O) groups is 2. The Labute approximate surface area is 237 Å². The van der Waals surface area contributed by atoms with E-state index in [-0.39, 0.29) is 23.3 Å². The number of piperidine rings is 1. The lowest BCUT2D eigenvalue weighted by Crippen LogP contribution is -2.56. The van der Waals surface area contributed by atoms with Crippen molar-refractivity contribution in [3.05, 3.63) is 64.4 Å². The Bertz CT molecular complexity index is 1200. The first-order valence-electron chi connectivity index (χ1n) is 15.0. The van der Waals surface area contributed by atoms with Crippen molar-refractivity contribution in [3.8, 4) is 0 Å². The molecule has 4 aliphatic rings. The molecule has 2 aliphatic heterocycles. The minimum Gasteiger partial charge on any atom is -0.344 e. The summed E-state index contributed by atoms with van der Waals surface area (Å²) in [5, 5.41) is 7.27. The van der Waals surface area contributed by atoms with E-state index < -0.39 is 0 Å². The van der Waals surface area contributed by atoms with Gasteiger partial charge in [0.1, 0.15) is 6.04 Å². The fraction of sp³-hybridized carbons (Fsp3) is 0.594. The van der Waals surface area contributed by atoms with E-state index in [4.69, 9.17) is 11.6 Å². The highest BCUT2D eigenvalue weighted by Crippen LogP contribution is 2.49. The zero-order valence-corrected chi connectivity index (χ0v) is 23.8. The SMILES string of the molecule is CC(=O)NC1CC[C@]2(CNCC2C(=O)N2CC[C@@H](c3ccccc3)C[C@H]2C2CCCCC2)c2ccc(Cl)[nH+]c21. The van der Waals surface area contributed by atoms with Crippen LogP contribution in [0.3, 0.4) is 0 Å². The van der Waals surface area contributed by atoms with Crippen LogP contribution in [-0.4, -0.2) is 42.4 Å². The van der Waals surface area contributed by atoms with Crippen molar-refractivity contribution in [2.75, 3.05) is 19.6 Å². The van der Waals surface area contributed by atoms with Crippen molar-refractivity contribution in [2.24, 2.45) is 11.8 Å². The molecule has 2 saturated heterocycles. The number of pyridine rings is 1. The molecule has 2 amide bonds. The van der Waals surface area contributed by atoms with Gasteiger partial charge in [0.05, 0.1) is 5.92 Å². The van der Waals surface area contributed by atoms with E-state index >= 15 is 0 Å². The van der Waals surface area contributed by atoms with Gasteiger partial charge in [0.25, 0.3) is 5.15 Å². The summed E-state index contributed by atoms with van der Waals surface area (Å²) < 4.78 is 0. The monoisotopic (exact) mass is 549 g/mol. The number of amides is 2. The minimum absolute atomic E-state index is 0.0518. The maximum atomic E-state index is 14.7. The minimum atomic E-state index is -0.296. The first-order valence-corrected chi connectivity index (χ1v) is 15.4. The number of fused-ring (bicyclic) bond motifs is 2. The number of halogens is 1. The zero-order chi connectivity index (χ0) is 27.0. The van der Waals surface area contributed by atoms with Gasteiger partial charge in [-0.2, -0.15) is 4.98 Å². The predicted molar refractivity (Wildman–Crippen MR) is 152 cm³/mol. The third-order valence-corrected chi connectivity index (χ3v) is 10.4. The molecule has 7 heteroatoms. The smallest absolute Gasteiger partial charge is 0.273 e. The van der Waals surface area contributed by atoms with Crippen molar-refractivity contribution in [2.45, 2.75) is 88.1 Å². The first kappa shape index (κ1) is 26.8. The molecule has 2 aliphatic carbocycles. The number of rotatable bonds is 4. The van der Waals surface area contributed by atoms with Gasteiger partial charge in [-0.15, -0.1) is 0 Å². The van der Waals surface area contributed by atoms with Gasteiger partial charge in [-0.25, -0.2) is 0 Å². The number of hydrogen-bond acceptors (Lipinski definition) is 3. The second-order valence-electron chi connectivity index (χ2n) is 12.4. The Morgan fingerprint density at radius 1 is 1.05 bits per heavy atom. The molecule has 1 aromatic heterocycles. The average molecular weight is 550 g/mol. The van der Waals surface area contributed by atoms with Gasteiger partial charge >= 0.3 is 0 Å². The van der Waals surface area contributed by atoms with E-state index in [2.05, 4.69) is 56.9 Å². The molecular formula is C32H42ClN4O2+. The van der Waals surface area contributed by atoms with Crippen LogP contribution >= 0.6 is 11.6 Å². The maximum absolute atomic E-state index is 14.7. The Morgan fingerprint density at radius 2 is 1.85 bits per heavy atom. The fourth-order valence-electron chi connectivity index (χ4n) is 8.36. The summed E-state index contributed by atoms with van der Waals surface area (Å²) >= 11 is 6.40. The highest BCUT2D eigenvalue weighted by atomic mass is 35.5. The van der Waals surface area contributed by atoms with Crippen LogP contribution in [0, 0.1) is 11.8 Å². The zero-order valence-electron chi connectivity index (χ0n) is 23.1. The molecule has 2 unspecified atom stereocenters. The lowest BCUT2D eigenvalue weighted by molar-refractivity contribution is -0.394. The lowest BCUT2D eigenvalue weighted by atomic mass is 9.63. The molecule has 3 N–H and O–H groups in total. The topological polar surface area (TPSA) is 75.6 Å². The Balaban J connectivity index is 1.31. The largest absolute Gasteiger partial charge is 0.344 e. The van der Waals surface area contributed by atoms with Crippen molar-refractivity contribution in [1.82, 2.24) is 15.5 Å². The van der Waals surface area contributed by atoms with Crippen LogP contribution in [0.1, 0.15) is 93.5 Å². The predicted octanol–water partition coefficient (Wildman–Crippen LogP) is 4.94. The molecule has 1 spiro atoms. The number of likely N-dealkylation sites (tertiary alicyclic amines) is 1.